The van der Waals surface area contributed by atoms with Gasteiger partial charge in [-0.25, -0.2) is 0 Å². The molecule has 0 aromatic rings. The fraction of sp³-hybridized carbons (Fsp3) is 0.721. The Morgan fingerprint density at radius 1 is 0.313 bits per heavy atom. The van der Waals surface area contributed by atoms with Crippen LogP contribution < -0.4 is 0 Å². The molecule has 67 heavy (non-hydrogen) atoms. The van der Waals surface area contributed by atoms with Crippen LogP contribution in [0.15, 0.2) is 85.1 Å². The topological polar surface area (TPSA) is 78.9 Å². The normalized spacial score (nSPS) is 12.7. The van der Waals surface area contributed by atoms with Crippen LogP contribution >= 0.6 is 0 Å². The van der Waals surface area contributed by atoms with Crippen LogP contribution in [0.25, 0.3) is 0 Å². The van der Waals surface area contributed by atoms with Crippen LogP contribution in [0.5, 0.6) is 0 Å². The van der Waals surface area contributed by atoms with E-state index >= 15 is 0 Å². The third-order valence-electron chi connectivity index (χ3n) is 11.9. The number of ether oxygens (including phenoxy) is 3. The maximum Gasteiger partial charge on any atom is 0.306 e. The molecule has 1 atom stereocenters. The van der Waals surface area contributed by atoms with Gasteiger partial charge in [0.25, 0.3) is 0 Å². The SMILES string of the molecule is CC/C=C\C/C=C\C/C=C\C/C=C\C/C=C\C/C=C\CCC(=O)OC[C@H](COC(=O)CCCCCCCCCCCCCCCCCCCCC)OC(=O)CCCCCCC/C=C\CCCC. The van der Waals surface area contributed by atoms with Gasteiger partial charge in [0.05, 0.1) is 0 Å². The Morgan fingerprint density at radius 3 is 1.04 bits per heavy atom. The molecule has 0 spiro atoms. The first-order chi connectivity index (χ1) is 33.0. The quantitative estimate of drug-likeness (QED) is 0.0262. The van der Waals surface area contributed by atoms with E-state index in [-0.39, 0.29) is 37.5 Å². The van der Waals surface area contributed by atoms with Crippen LogP contribution in [0.4, 0.5) is 0 Å². The maximum absolute atomic E-state index is 12.8. The van der Waals surface area contributed by atoms with E-state index < -0.39 is 6.10 Å². The third-order valence-corrected chi connectivity index (χ3v) is 11.9. The summed E-state index contributed by atoms with van der Waals surface area (Å²) in [5.74, 6) is -0.994. The van der Waals surface area contributed by atoms with Gasteiger partial charge in [-0.15, -0.1) is 0 Å². The molecule has 0 aliphatic rings. The first-order valence-corrected chi connectivity index (χ1v) is 28.1. The minimum atomic E-state index is -0.809. The molecule has 0 unspecified atom stereocenters. The molecule has 0 saturated heterocycles. The van der Waals surface area contributed by atoms with Crippen LogP contribution in [0.1, 0.15) is 265 Å². The number of unbranched alkanes of at least 4 members (excludes halogenated alkanes) is 25. The smallest absolute Gasteiger partial charge is 0.306 e. The molecule has 0 saturated carbocycles. The van der Waals surface area contributed by atoms with Crippen molar-refractivity contribution in [3.63, 3.8) is 0 Å². The minimum Gasteiger partial charge on any atom is -0.462 e. The highest BCUT2D eigenvalue weighted by Gasteiger charge is 2.19. The van der Waals surface area contributed by atoms with E-state index in [1.807, 2.05) is 6.08 Å². The Hall–Kier alpha value is -3.41. The molecule has 0 bridgehead atoms. The number of hydrogen-bond acceptors (Lipinski definition) is 6. The highest BCUT2D eigenvalue weighted by molar-refractivity contribution is 5.71. The predicted octanol–water partition coefficient (Wildman–Crippen LogP) is 18.8. The van der Waals surface area contributed by atoms with Crippen LogP contribution in [0.3, 0.4) is 0 Å². The monoisotopic (exact) mass is 933 g/mol. The molecule has 6 nitrogen and oxygen atoms in total. The van der Waals surface area contributed by atoms with Gasteiger partial charge in [-0.1, -0.05) is 254 Å². The van der Waals surface area contributed by atoms with Crippen molar-refractivity contribution >= 4 is 17.9 Å². The second kappa shape index (κ2) is 55.2. The summed E-state index contributed by atoms with van der Waals surface area (Å²) in [5, 5.41) is 0. The summed E-state index contributed by atoms with van der Waals surface area (Å²) in [4.78, 5) is 38.0. The Kier molecular flexibility index (Phi) is 52.4. The van der Waals surface area contributed by atoms with Crippen LogP contribution in [-0.4, -0.2) is 37.2 Å². The minimum absolute atomic E-state index is 0.101. The average molecular weight is 933 g/mol. The summed E-state index contributed by atoms with van der Waals surface area (Å²) < 4.78 is 16.8. The van der Waals surface area contributed by atoms with Crippen molar-refractivity contribution in [1.82, 2.24) is 0 Å². The van der Waals surface area contributed by atoms with Gasteiger partial charge in [0.15, 0.2) is 6.10 Å². The van der Waals surface area contributed by atoms with Crippen molar-refractivity contribution in [2.75, 3.05) is 13.2 Å². The van der Waals surface area contributed by atoms with Crippen molar-refractivity contribution < 1.29 is 28.6 Å². The zero-order valence-corrected chi connectivity index (χ0v) is 43.9. The zero-order chi connectivity index (χ0) is 48.6. The van der Waals surface area contributed by atoms with Crippen LogP contribution in [0.2, 0.25) is 0 Å². The van der Waals surface area contributed by atoms with E-state index in [0.717, 1.165) is 89.9 Å². The predicted molar refractivity (Wildman–Crippen MR) is 288 cm³/mol. The van der Waals surface area contributed by atoms with E-state index in [1.54, 1.807) is 0 Å². The average Bonchev–Trinajstić information content (AvgIpc) is 3.33. The summed E-state index contributed by atoms with van der Waals surface area (Å²) in [6, 6.07) is 0. The van der Waals surface area contributed by atoms with Gasteiger partial charge >= 0.3 is 17.9 Å². The largest absolute Gasteiger partial charge is 0.462 e. The molecule has 0 aliphatic carbocycles. The molecular weight excluding hydrogens is 829 g/mol. The van der Waals surface area contributed by atoms with Crippen LogP contribution in [-0.2, 0) is 28.6 Å². The lowest BCUT2D eigenvalue weighted by Crippen LogP contribution is -2.30. The first-order valence-electron chi connectivity index (χ1n) is 28.1. The fourth-order valence-electron chi connectivity index (χ4n) is 7.69. The maximum atomic E-state index is 12.8. The van der Waals surface area contributed by atoms with Gasteiger partial charge < -0.3 is 14.2 Å². The Morgan fingerprint density at radius 2 is 0.627 bits per heavy atom. The van der Waals surface area contributed by atoms with E-state index in [4.69, 9.17) is 14.2 Å². The van der Waals surface area contributed by atoms with Crippen molar-refractivity contribution in [2.24, 2.45) is 0 Å². The van der Waals surface area contributed by atoms with Crippen molar-refractivity contribution in [1.29, 1.82) is 0 Å². The van der Waals surface area contributed by atoms with Gasteiger partial charge in [0.2, 0.25) is 0 Å². The summed E-state index contributed by atoms with van der Waals surface area (Å²) in [6.07, 6.45) is 71.6. The number of carbonyl (C=O) groups is 3. The number of esters is 3. The van der Waals surface area contributed by atoms with Crippen molar-refractivity contribution in [2.45, 2.75) is 271 Å². The number of allylic oxidation sites excluding steroid dienone is 14. The standard InChI is InChI=1S/C61H104O6/c1-4-7-10-13-16-19-22-24-26-28-30-32-34-36-39-41-44-47-50-53-59(62)65-56-58(67-61(64)55-52-49-46-43-38-21-18-15-12-9-6-3)57-66-60(63)54-51-48-45-42-40-37-35-33-31-29-27-25-23-20-17-14-11-8-5-2/h7,10,15-16,18-19,24,26,30,32,36,39,44,47,58H,4-6,8-9,11-14,17,20-23,25,27-29,31,33-35,37-38,40-43,45-46,48-57H2,1-3H3/b10-7-,18-15-,19-16-,26-24-,32-30-,39-36-,47-44-/t58-/m1/s1. The van der Waals surface area contributed by atoms with Gasteiger partial charge in [0, 0.05) is 19.3 Å². The molecule has 0 heterocycles. The molecule has 0 N–H and O–H groups in total. The van der Waals surface area contributed by atoms with Gasteiger partial charge in [-0.05, 0) is 77.0 Å². The van der Waals surface area contributed by atoms with Gasteiger partial charge in [-0.3, -0.25) is 14.4 Å². The second-order valence-electron chi connectivity index (χ2n) is 18.5. The lowest BCUT2D eigenvalue weighted by Gasteiger charge is -2.18. The number of carbonyl (C=O) groups excluding carboxylic acids is 3. The molecule has 0 amide bonds. The second-order valence-corrected chi connectivity index (χ2v) is 18.5. The van der Waals surface area contributed by atoms with E-state index in [9.17, 15) is 14.4 Å². The van der Waals surface area contributed by atoms with Gasteiger partial charge in [-0.2, -0.15) is 0 Å². The van der Waals surface area contributed by atoms with Gasteiger partial charge in [0.1, 0.15) is 13.2 Å². The molecule has 6 heteroatoms. The Balaban J connectivity index is 4.41. The lowest BCUT2D eigenvalue weighted by molar-refractivity contribution is -0.166. The molecule has 0 fully saturated rings. The summed E-state index contributed by atoms with van der Waals surface area (Å²) in [5.41, 5.74) is 0. The van der Waals surface area contributed by atoms with E-state index in [0.29, 0.717) is 19.3 Å². The van der Waals surface area contributed by atoms with E-state index in [2.05, 4.69) is 99.8 Å². The number of rotatable bonds is 50. The Labute approximate surface area is 414 Å². The summed E-state index contributed by atoms with van der Waals surface area (Å²) >= 11 is 0. The zero-order valence-electron chi connectivity index (χ0n) is 43.9. The third kappa shape index (κ3) is 53.4. The molecular formula is C61H104O6. The van der Waals surface area contributed by atoms with Crippen molar-refractivity contribution in [3.05, 3.63) is 85.1 Å². The van der Waals surface area contributed by atoms with Crippen LogP contribution in [0, 0.1) is 0 Å². The Bertz CT molecular complexity index is 1300. The molecule has 0 aliphatic heterocycles. The molecule has 0 radical (unpaired) electrons. The highest BCUT2D eigenvalue weighted by atomic mass is 16.6. The molecule has 0 rings (SSSR count). The highest BCUT2D eigenvalue weighted by Crippen LogP contribution is 2.16. The number of hydrogen-bond donors (Lipinski definition) is 0. The van der Waals surface area contributed by atoms with E-state index in [1.165, 1.54) is 128 Å². The summed E-state index contributed by atoms with van der Waals surface area (Å²) in [7, 11) is 0. The first kappa shape index (κ1) is 63.6. The fourth-order valence-corrected chi connectivity index (χ4v) is 7.69. The summed E-state index contributed by atoms with van der Waals surface area (Å²) in [6.45, 7) is 6.43. The van der Waals surface area contributed by atoms with Crippen molar-refractivity contribution in [3.8, 4) is 0 Å². The molecule has 384 valence electrons. The molecule has 0 aromatic carbocycles. The lowest BCUT2D eigenvalue weighted by atomic mass is 10.0. The molecule has 0 aromatic heterocycles.